The zero-order chi connectivity index (χ0) is 15.2. The monoisotopic (exact) mass is 279 g/mol. The molecule has 0 fully saturated rings. The predicted molar refractivity (Wildman–Crippen MR) is 71.1 cm³/mol. The van der Waals surface area contributed by atoms with Gasteiger partial charge >= 0.3 is 11.9 Å². The van der Waals surface area contributed by atoms with Crippen LogP contribution in [0.25, 0.3) is 0 Å². The van der Waals surface area contributed by atoms with Crippen molar-refractivity contribution >= 4 is 18.3 Å². The summed E-state index contributed by atoms with van der Waals surface area (Å²) in [5.74, 6) is -3.12. The summed E-state index contributed by atoms with van der Waals surface area (Å²) in [6, 6.07) is 8.97. The van der Waals surface area contributed by atoms with E-state index in [0.29, 0.717) is 0 Å². The number of rotatable bonds is 8. The third-order valence-electron chi connectivity index (χ3n) is 3.37. The number of amides is 1. The molecule has 1 aromatic carbocycles. The number of hydrogen-bond donors (Lipinski definition) is 3. The van der Waals surface area contributed by atoms with Crippen molar-refractivity contribution in [1.82, 2.24) is 5.32 Å². The van der Waals surface area contributed by atoms with Gasteiger partial charge in [0.2, 0.25) is 6.41 Å². The maximum Gasteiger partial charge on any atom is 0.329 e. The zero-order valence-electron chi connectivity index (χ0n) is 11.1. The summed E-state index contributed by atoms with van der Waals surface area (Å²) in [6.07, 6.45) is 0.184. The molecule has 0 aromatic heterocycles. The molecule has 6 nitrogen and oxygen atoms in total. The van der Waals surface area contributed by atoms with Crippen LogP contribution in [0.1, 0.15) is 18.9 Å². The Hall–Kier alpha value is -2.37. The highest BCUT2D eigenvalue weighted by atomic mass is 16.4. The van der Waals surface area contributed by atoms with Crippen molar-refractivity contribution in [2.24, 2.45) is 5.92 Å². The Kier molecular flexibility index (Phi) is 5.25. The van der Waals surface area contributed by atoms with Crippen LogP contribution in [0.2, 0.25) is 0 Å². The molecule has 3 N–H and O–H groups in total. The van der Waals surface area contributed by atoms with E-state index in [1.807, 2.05) is 6.07 Å². The normalized spacial score (nSPS) is 14.8. The second kappa shape index (κ2) is 6.70. The van der Waals surface area contributed by atoms with E-state index < -0.39 is 23.4 Å². The first kappa shape index (κ1) is 15.7. The lowest BCUT2D eigenvalue weighted by Gasteiger charge is -2.32. The summed E-state index contributed by atoms with van der Waals surface area (Å²) < 4.78 is 0. The van der Waals surface area contributed by atoms with E-state index in [-0.39, 0.29) is 19.3 Å². The van der Waals surface area contributed by atoms with Gasteiger partial charge in [-0.1, -0.05) is 30.3 Å². The van der Waals surface area contributed by atoms with Gasteiger partial charge in [-0.25, -0.2) is 4.79 Å². The van der Waals surface area contributed by atoms with Gasteiger partial charge in [0.15, 0.2) is 0 Å². The Morgan fingerprint density at radius 3 is 2.35 bits per heavy atom. The van der Waals surface area contributed by atoms with Crippen molar-refractivity contribution in [3.8, 4) is 0 Å². The summed E-state index contributed by atoms with van der Waals surface area (Å²) in [5, 5.41) is 20.5. The van der Waals surface area contributed by atoms with E-state index in [9.17, 15) is 19.5 Å². The Bertz CT molecular complexity index is 488. The van der Waals surface area contributed by atoms with Crippen LogP contribution in [0.3, 0.4) is 0 Å². The molecule has 2 unspecified atom stereocenters. The predicted octanol–water partition coefficient (Wildman–Crippen LogP) is 0.909. The highest BCUT2D eigenvalue weighted by Gasteiger charge is 2.42. The first-order chi connectivity index (χ1) is 9.40. The molecule has 1 aromatic rings. The minimum Gasteiger partial charge on any atom is -0.481 e. The quantitative estimate of drug-likeness (QED) is 0.614. The maximum absolute atomic E-state index is 11.4. The lowest BCUT2D eigenvalue weighted by atomic mass is 9.79. The fourth-order valence-electron chi connectivity index (χ4n) is 2.07. The van der Waals surface area contributed by atoms with Crippen LogP contribution in [-0.2, 0) is 20.8 Å². The summed E-state index contributed by atoms with van der Waals surface area (Å²) in [5.41, 5.74) is -0.811. The molecular weight excluding hydrogens is 262 g/mol. The lowest BCUT2D eigenvalue weighted by molar-refractivity contribution is -0.149. The molecule has 2 atom stereocenters. The smallest absolute Gasteiger partial charge is 0.329 e. The van der Waals surface area contributed by atoms with E-state index >= 15 is 0 Å². The van der Waals surface area contributed by atoms with Crippen molar-refractivity contribution < 1.29 is 24.6 Å². The largest absolute Gasteiger partial charge is 0.481 e. The molecule has 6 heteroatoms. The summed E-state index contributed by atoms with van der Waals surface area (Å²) in [7, 11) is 0. The number of carbonyl (C=O) groups excluding carboxylic acids is 1. The SMILES string of the molecule is CC(NC=O)(C(=O)O)C(CC(=O)O)Cc1ccccc1. The van der Waals surface area contributed by atoms with Crippen molar-refractivity contribution in [3.63, 3.8) is 0 Å². The van der Waals surface area contributed by atoms with Gasteiger partial charge in [0.25, 0.3) is 0 Å². The second-order valence-electron chi connectivity index (χ2n) is 4.75. The average Bonchev–Trinajstić information content (AvgIpc) is 2.38. The molecule has 0 aliphatic carbocycles. The molecule has 0 spiro atoms. The van der Waals surface area contributed by atoms with Crippen LogP contribution in [0.15, 0.2) is 30.3 Å². The molecule has 0 radical (unpaired) electrons. The van der Waals surface area contributed by atoms with Crippen LogP contribution >= 0.6 is 0 Å². The van der Waals surface area contributed by atoms with Crippen molar-refractivity contribution in [2.75, 3.05) is 0 Å². The van der Waals surface area contributed by atoms with Crippen LogP contribution < -0.4 is 5.32 Å². The Balaban J connectivity index is 3.06. The van der Waals surface area contributed by atoms with Crippen molar-refractivity contribution in [3.05, 3.63) is 35.9 Å². The number of hydrogen-bond acceptors (Lipinski definition) is 3. The number of carbonyl (C=O) groups is 3. The fraction of sp³-hybridized carbons (Fsp3) is 0.357. The maximum atomic E-state index is 11.4. The molecule has 0 bridgehead atoms. The molecule has 1 rings (SSSR count). The second-order valence-corrected chi connectivity index (χ2v) is 4.75. The molecule has 0 aliphatic heterocycles. The fourth-order valence-corrected chi connectivity index (χ4v) is 2.07. The van der Waals surface area contributed by atoms with Gasteiger partial charge in [-0.3, -0.25) is 9.59 Å². The van der Waals surface area contributed by atoms with E-state index in [0.717, 1.165) is 5.56 Å². The third kappa shape index (κ3) is 3.81. The first-order valence-electron chi connectivity index (χ1n) is 6.10. The lowest BCUT2D eigenvalue weighted by Crippen LogP contribution is -2.55. The molecule has 0 aliphatic rings. The Morgan fingerprint density at radius 1 is 1.30 bits per heavy atom. The molecular formula is C14H17NO5. The average molecular weight is 279 g/mol. The molecule has 0 saturated carbocycles. The number of nitrogens with one attached hydrogen (secondary N) is 1. The van der Waals surface area contributed by atoms with Gasteiger partial charge < -0.3 is 15.5 Å². The summed E-state index contributed by atoms with van der Waals surface area (Å²) in [4.78, 5) is 33.0. The minimum absolute atomic E-state index is 0.247. The van der Waals surface area contributed by atoms with Gasteiger partial charge in [0.05, 0.1) is 6.42 Å². The van der Waals surface area contributed by atoms with Crippen LogP contribution in [0.4, 0.5) is 0 Å². The number of carboxylic acids is 2. The van der Waals surface area contributed by atoms with Crippen LogP contribution in [0, 0.1) is 5.92 Å². The number of carboxylic acid groups (broad SMARTS) is 2. The van der Waals surface area contributed by atoms with Gasteiger partial charge in [-0.05, 0) is 18.9 Å². The number of aliphatic carboxylic acids is 2. The minimum atomic E-state index is -1.63. The van der Waals surface area contributed by atoms with E-state index in [2.05, 4.69) is 5.32 Å². The summed E-state index contributed by atoms with van der Waals surface area (Å²) >= 11 is 0. The molecule has 0 heterocycles. The van der Waals surface area contributed by atoms with E-state index in [1.54, 1.807) is 24.3 Å². The number of benzene rings is 1. The van der Waals surface area contributed by atoms with Crippen molar-refractivity contribution in [1.29, 1.82) is 0 Å². The van der Waals surface area contributed by atoms with E-state index in [4.69, 9.17) is 5.11 Å². The van der Waals surface area contributed by atoms with E-state index in [1.165, 1.54) is 6.92 Å². The third-order valence-corrected chi connectivity index (χ3v) is 3.37. The standard InChI is InChI=1S/C14H17NO5/c1-14(13(19)20,15-9-16)11(8-12(17)18)7-10-5-3-2-4-6-10/h2-6,9,11H,7-8H2,1H3,(H,15,16)(H,17,18)(H,19,20). The van der Waals surface area contributed by atoms with Crippen LogP contribution in [0.5, 0.6) is 0 Å². The van der Waals surface area contributed by atoms with Gasteiger partial charge in [0, 0.05) is 5.92 Å². The molecule has 1 amide bonds. The summed E-state index contributed by atoms with van der Waals surface area (Å²) in [6.45, 7) is 1.32. The molecule has 20 heavy (non-hydrogen) atoms. The van der Waals surface area contributed by atoms with Gasteiger partial charge in [-0.2, -0.15) is 0 Å². The van der Waals surface area contributed by atoms with Gasteiger partial charge in [-0.15, -0.1) is 0 Å². The first-order valence-corrected chi connectivity index (χ1v) is 6.10. The molecule has 0 saturated heterocycles. The highest BCUT2D eigenvalue weighted by Crippen LogP contribution is 2.25. The van der Waals surface area contributed by atoms with Crippen LogP contribution in [-0.4, -0.2) is 34.1 Å². The zero-order valence-corrected chi connectivity index (χ0v) is 11.1. The Morgan fingerprint density at radius 2 is 1.90 bits per heavy atom. The molecule has 108 valence electrons. The Labute approximate surface area is 116 Å². The topological polar surface area (TPSA) is 104 Å². The van der Waals surface area contributed by atoms with Gasteiger partial charge in [0.1, 0.15) is 5.54 Å². The highest BCUT2D eigenvalue weighted by molar-refractivity contribution is 5.82. The van der Waals surface area contributed by atoms with Crippen molar-refractivity contribution in [2.45, 2.75) is 25.3 Å².